The van der Waals surface area contributed by atoms with E-state index in [0.29, 0.717) is 0 Å². The summed E-state index contributed by atoms with van der Waals surface area (Å²) in [4.78, 5) is 11.2. The molecule has 0 radical (unpaired) electrons. The summed E-state index contributed by atoms with van der Waals surface area (Å²) in [6.07, 6.45) is 4.99. The highest BCUT2D eigenvalue weighted by molar-refractivity contribution is 5.77. The molecule has 0 aromatic carbocycles. The van der Waals surface area contributed by atoms with Gasteiger partial charge >= 0.3 is 0 Å². The van der Waals surface area contributed by atoms with E-state index < -0.39 is 0 Å². The first-order chi connectivity index (χ1) is 6.59. The minimum Gasteiger partial charge on any atom is -0.357 e. The van der Waals surface area contributed by atoms with Crippen molar-refractivity contribution in [3.05, 3.63) is 24.0 Å². The van der Waals surface area contributed by atoms with Crippen molar-refractivity contribution in [3.63, 3.8) is 0 Å². The number of nitrogens with one attached hydrogen (secondary N) is 1. The third kappa shape index (κ3) is 3.24. The van der Waals surface area contributed by atoms with Gasteiger partial charge in [0.2, 0.25) is 5.91 Å². The lowest BCUT2D eigenvalue weighted by molar-refractivity contribution is -0.123. The van der Waals surface area contributed by atoms with Crippen LogP contribution in [-0.2, 0) is 18.3 Å². The molecule has 1 heterocycles. The zero-order chi connectivity index (χ0) is 10.6. The van der Waals surface area contributed by atoms with Gasteiger partial charge in [0, 0.05) is 31.9 Å². The average molecular weight is 194 g/mol. The van der Waals surface area contributed by atoms with Crippen LogP contribution in [0.15, 0.2) is 18.5 Å². The van der Waals surface area contributed by atoms with Crippen molar-refractivity contribution in [1.29, 1.82) is 0 Å². The average Bonchev–Trinajstić information content (AvgIpc) is 2.51. The molecule has 0 aliphatic heterocycles. The van der Waals surface area contributed by atoms with E-state index in [1.807, 2.05) is 31.7 Å². The molecule has 1 rings (SSSR count). The second-order valence-electron chi connectivity index (χ2n) is 3.88. The highest BCUT2D eigenvalue weighted by Crippen LogP contribution is 1.99. The Balaban J connectivity index is 2.25. The minimum absolute atomic E-state index is 0.0748. The van der Waals surface area contributed by atoms with E-state index in [2.05, 4.69) is 17.6 Å². The van der Waals surface area contributed by atoms with Crippen molar-refractivity contribution in [1.82, 2.24) is 9.88 Å². The van der Waals surface area contributed by atoms with Crippen LogP contribution in [0.1, 0.15) is 19.4 Å². The minimum atomic E-state index is 0.0748. The fraction of sp³-hybridized carbons (Fsp3) is 0.545. The lowest BCUT2D eigenvalue weighted by Crippen LogP contribution is -2.29. The van der Waals surface area contributed by atoms with Gasteiger partial charge in [-0.3, -0.25) is 4.79 Å². The molecule has 1 N–H and O–H groups in total. The van der Waals surface area contributed by atoms with Crippen molar-refractivity contribution in [2.45, 2.75) is 20.3 Å². The molecule has 0 atom stereocenters. The molecule has 0 aliphatic rings. The van der Waals surface area contributed by atoms with Crippen molar-refractivity contribution < 1.29 is 4.79 Å². The number of amides is 1. The normalized spacial score (nSPS) is 10.6. The van der Waals surface area contributed by atoms with Crippen LogP contribution in [0.3, 0.4) is 0 Å². The molecule has 0 saturated heterocycles. The first-order valence-corrected chi connectivity index (χ1v) is 4.98. The predicted octanol–water partition coefficient (Wildman–Crippen LogP) is 1.34. The molecule has 3 heteroatoms. The summed E-state index contributed by atoms with van der Waals surface area (Å²) in [5, 5.41) is 2.89. The molecule has 14 heavy (non-hydrogen) atoms. The smallest absolute Gasteiger partial charge is 0.222 e. The Morgan fingerprint density at radius 2 is 2.29 bits per heavy atom. The van der Waals surface area contributed by atoms with Gasteiger partial charge in [-0.05, 0) is 18.1 Å². The third-order valence-electron chi connectivity index (χ3n) is 2.13. The Morgan fingerprint density at radius 1 is 1.57 bits per heavy atom. The zero-order valence-corrected chi connectivity index (χ0v) is 9.08. The Hall–Kier alpha value is -1.25. The predicted molar refractivity (Wildman–Crippen MR) is 57.0 cm³/mol. The standard InChI is InChI=1S/C11H18N2O/c1-9(2)11(14)12-6-4-10-5-7-13(3)8-10/h5,7-9H,4,6H2,1-3H3,(H,12,14). The van der Waals surface area contributed by atoms with Gasteiger partial charge in [-0.25, -0.2) is 0 Å². The number of hydrogen-bond donors (Lipinski definition) is 1. The molecule has 0 aliphatic carbocycles. The first-order valence-electron chi connectivity index (χ1n) is 4.98. The van der Waals surface area contributed by atoms with Gasteiger partial charge in [0.1, 0.15) is 0 Å². The van der Waals surface area contributed by atoms with Crippen LogP contribution in [0, 0.1) is 5.92 Å². The van der Waals surface area contributed by atoms with E-state index in [1.54, 1.807) is 0 Å². The molecular formula is C11H18N2O. The van der Waals surface area contributed by atoms with Crippen LogP contribution in [-0.4, -0.2) is 17.0 Å². The number of carbonyl (C=O) groups is 1. The van der Waals surface area contributed by atoms with Crippen LogP contribution < -0.4 is 5.32 Å². The van der Waals surface area contributed by atoms with Gasteiger partial charge < -0.3 is 9.88 Å². The topological polar surface area (TPSA) is 34.0 Å². The quantitative estimate of drug-likeness (QED) is 0.771. The molecule has 1 amide bonds. The van der Waals surface area contributed by atoms with Gasteiger partial charge in [0.05, 0.1) is 0 Å². The van der Waals surface area contributed by atoms with Crippen molar-refractivity contribution in [2.75, 3.05) is 6.54 Å². The highest BCUT2D eigenvalue weighted by atomic mass is 16.1. The lowest BCUT2D eigenvalue weighted by Gasteiger charge is -2.06. The molecule has 0 bridgehead atoms. The molecule has 1 aromatic heterocycles. The van der Waals surface area contributed by atoms with E-state index >= 15 is 0 Å². The Labute approximate surface area is 85.1 Å². The number of carbonyl (C=O) groups excluding carboxylic acids is 1. The van der Waals surface area contributed by atoms with Gasteiger partial charge in [0.15, 0.2) is 0 Å². The summed E-state index contributed by atoms with van der Waals surface area (Å²) in [5.41, 5.74) is 1.26. The second kappa shape index (κ2) is 4.84. The van der Waals surface area contributed by atoms with E-state index in [-0.39, 0.29) is 11.8 Å². The van der Waals surface area contributed by atoms with Crippen molar-refractivity contribution >= 4 is 5.91 Å². The molecule has 0 spiro atoms. The van der Waals surface area contributed by atoms with Crippen LogP contribution >= 0.6 is 0 Å². The van der Waals surface area contributed by atoms with E-state index in [0.717, 1.165) is 13.0 Å². The van der Waals surface area contributed by atoms with Gasteiger partial charge in [-0.2, -0.15) is 0 Å². The lowest BCUT2D eigenvalue weighted by atomic mass is 10.2. The number of aryl methyl sites for hydroxylation is 1. The third-order valence-corrected chi connectivity index (χ3v) is 2.13. The van der Waals surface area contributed by atoms with E-state index in [1.165, 1.54) is 5.56 Å². The maximum atomic E-state index is 11.2. The van der Waals surface area contributed by atoms with Gasteiger partial charge in [0.25, 0.3) is 0 Å². The molecular weight excluding hydrogens is 176 g/mol. The summed E-state index contributed by atoms with van der Waals surface area (Å²) in [6, 6.07) is 2.07. The summed E-state index contributed by atoms with van der Waals surface area (Å²) in [6.45, 7) is 4.52. The molecule has 3 nitrogen and oxygen atoms in total. The number of aromatic nitrogens is 1. The van der Waals surface area contributed by atoms with Crippen molar-refractivity contribution in [2.24, 2.45) is 13.0 Å². The Kier molecular flexibility index (Phi) is 3.74. The van der Waals surface area contributed by atoms with Gasteiger partial charge in [-0.1, -0.05) is 13.8 Å². The van der Waals surface area contributed by atoms with E-state index in [9.17, 15) is 4.79 Å². The largest absolute Gasteiger partial charge is 0.357 e. The highest BCUT2D eigenvalue weighted by Gasteiger charge is 2.05. The summed E-state index contributed by atoms with van der Waals surface area (Å²) >= 11 is 0. The summed E-state index contributed by atoms with van der Waals surface area (Å²) in [5.74, 6) is 0.201. The first kappa shape index (κ1) is 10.8. The maximum Gasteiger partial charge on any atom is 0.222 e. The molecule has 0 fully saturated rings. The Bertz CT molecular complexity index is 302. The van der Waals surface area contributed by atoms with Crippen molar-refractivity contribution in [3.8, 4) is 0 Å². The van der Waals surface area contributed by atoms with Crippen LogP contribution in [0.25, 0.3) is 0 Å². The number of hydrogen-bond acceptors (Lipinski definition) is 1. The SMILES string of the molecule is CC(C)C(=O)NCCc1ccn(C)c1. The van der Waals surface area contributed by atoms with Crippen LogP contribution in [0.2, 0.25) is 0 Å². The maximum absolute atomic E-state index is 11.2. The fourth-order valence-corrected chi connectivity index (χ4v) is 1.24. The van der Waals surface area contributed by atoms with Gasteiger partial charge in [-0.15, -0.1) is 0 Å². The van der Waals surface area contributed by atoms with E-state index in [4.69, 9.17) is 0 Å². The second-order valence-corrected chi connectivity index (χ2v) is 3.88. The number of nitrogens with zero attached hydrogens (tertiary/aromatic N) is 1. The molecule has 1 aromatic rings. The molecule has 0 unspecified atom stereocenters. The zero-order valence-electron chi connectivity index (χ0n) is 9.08. The molecule has 78 valence electrons. The number of rotatable bonds is 4. The van der Waals surface area contributed by atoms with Crippen LogP contribution in [0.4, 0.5) is 0 Å². The van der Waals surface area contributed by atoms with Crippen LogP contribution in [0.5, 0.6) is 0 Å². The monoisotopic (exact) mass is 194 g/mol. The Morgan fingerprint density at radius 3 is 2.79 bits per heavy atom. The summed E-state index contributed by atoms with van der Waals surface area (Å²) < 4.78 is 2.01. The fourth-order valence-electron chi connectivity index (χ4n) is 1.24. The molecule has 0 saturated carbocycles. The summed E-state index contributed by atoms with van der Waals surface area (Å²) in [7, 11) is 2.00.